The number of rotatable bonds is 6. The maximum atomic E-state index is 11.7. The molecule has 0 saturated heterocycles. The van der Waals surface area contributed by atoms with E-state index in [1.165, 1.54) is 18.4 Å². The highest BCUT2D eigenvalue weighted by Crippen LogP contribution is 2.32. The van der Waals surface area contributed by atoms with Crippen molar-refractivity contribution in [1.82, 2.24) is 5.32 Å². The van der Waals surface area contributed by atoms with Crippen molar-refractivity contribution >= 4 is 18.0 Å². The topological polar surface area (TPSA) is 87.0 Å². The second-order valence-corrected chi connectivity index (χ2v) is 4.92. The number of furan rings is 1. The SMILES string of the molecule is O=C(COC(=O)C=Cc1ccco1)NCc1ccc2c(c1)OCO2. The van der Waals surface area contributed by atoms with Crippen LogP contribution in [0.3, 0.4) is 0 Å². The fourth-order valence-corrected chi connectivity index (χ4v) is 2.02. The zero-order valence-electron chi connectivity index (χ0n) is 12.7. The lowest BCUT2D eigenvalue weighted by Crippen LogP contribution is -2.28. The molecule has 1 aromatic heterocycles. The van der Waals surface area contributed by atoms with Crippen molar-refractivity contribution in [3.05, 3.63) is 54.0 Å². The predicted molar refractivity (Wildman–Crippen MR) is 83.1 cm³/mol. The smallest absolute Gasteiger partial charge is 0.331 e. The van der Waals surface area contributed by atoms with Gasteiger partial charge in [0.15, 0.2) is 18.1 Å². The van der Waals surface area contributed by atoms with Crippen LogP contribution in [-0.4, -0.2) is 25.3 Å². The lowest BCUT2D eigenvalue weighted by molar-refractivity contribution is -0.143. The Morgan fingerprint density at radius 2 is 2.08 bits per heavy atom. The molecule has 0 unspecified atom stereocenters. The van der Waals surface area contributed by atoms with Crippen molar-refractivity contribution in [2.75, 3.05) is 13.4 Å². The van der Waals surface area contributed by atoms with Crippen molar-refractivity contribution in [1.29, 1.82) is 0 Å². The molecule has 0 radical (unpaired) electrons. The highest BCUT2D eigenvalue weighted by atomic mass is 16.7. The second kappa shape index (κ2) is 7.36. The van der Waals surface area contributed by atoms with Crippen LogP contribution in [0.15, 0.2) is 47.1 Å². The fourth-order valence-electron chi connectivity index (χ4n) is 2.02. The van der Waals surface area contributed by atoms with Gasteiger partial charge in [0.2, 0.25) is 6.79 Å². The van der Waals surface area contributed by atoms with Crippen LogP contribution in [-0.2, 0) is 20.9 Å². The Labute approximate surface area is 137 Å². The minimum absolute atomic E-state index is 0.201. The van der Waals surface area contributed by atoms with Gasteiger partial charge < -0.3 is 23.9 Å². The molecule has 1 amide bonds. The quantitative estimate of drug-likeness (QED) is 0.643. The van der Waals surface area contributed by atoms with Gasteiger partial charge in [-0.25, -0.2) is 4.79 Å². The molecule has 3 rings (SSSR count). The number of hydrogen-bond donors (Lipinski definition) is 1. The molecular weight excluding hydrogens is 314 g/mol. The van der Waals surface area contributed by atoms with Crippen LogP contribution in [0.4, 0.5) is 0 Å². The van der Waals surface area contributed by atoms with E-state index in [0.717, 1.165) is 5.56 Å². The molecule has 7 nitrogen and oxygen atoms in total. The number of carbonyl (C=O) groups excluding carboxylic acids is 2. The fraction of sp³-hybridized carbons (Fsp3) is 0.176. The molecule has 7 heteroatoms. The van der Waals surface area contributed by atoms with Crippen molar-refractivity contribution in [3.63, 3.8) is 0 Å². The van der Waals surface area contributed by atoms with Crippen LogP contribution < -0.4 is 14.8 Å². The number of fused-ring (bicyclic) bond motifs is 1. The summed E-state index contributed by atoms with van der Waals surface area (Å²) >= 11 is 0. The van der Waals surface area contributed by atoms with Crippen molar-refractivity contribution in [2.24, 2.45) is 0 Å². The maximum Gasteiger partial charge on any atom is 0.331 e. The molecule has 0 fully saturated rings. The first kappa shape index (κ1) is 15.7. The Kier molecular flexibility index (Phi) is 4.81. The van der Waals surface area contributed by atoms with E-state index < -0.39 is 11.9 Å². The molecule has 0 bridgehead atoms. The summed E-state index contributed by atoms with van der Waals surface area (Å²) in [5, 5.41) is 2.66. The molecule has 2 aromatic rings. The average molecular weight is 329 g/mol. The number of esters is 1. The van der Waals surface area contributed by atoms with Crippen LogP contribution >= 0.6 is 0 Å². The highest BCUT2D eigenvalue weighted by molar-refractivity contribution is 5.88. The molecule has 0 atom stereocenters. The number of amides is 1. The summed E-state index contributed by atoms with van der Waals surface area (Å²) in [6.07, 6.45) is 4.16. The summed E-state index contributed by atoms with van der Waals surface area (Å²) in [6.45, 7) is 0.147. The van der Waals surface area contributed by atoms with Crippen LogP contribution in [0.2, 0.25) is 0 Å². The van der Waals surface area contributed by atoms with E-state index in [2.05, 4.69) is 5.32 Å². The molecule has 0 saturated carbocycles. The minimum atomic E-state index is -0.621. The zero-order chi connectivity index (χ0) is 16.8. The summed E-state index contributed by atoms with van der Waals surface area (Å²) in [6, 6.07) is 8.80. The van der Waals surface area contributed by atoms with Crippen LogP contribution in [0.1, 0.15) is 11.3 Å². The number of benzene rings is 1. The van der Waals surface area contributed by atoms with Crippen molar-refractivity contribution < 1.29 is 28.2 Å². The minimum Gasteiger partial charge on any atom is -0.465 e. The zero-order valence-corrected chi connectivity index (χ0v) is 12.7. The summed E-state index contributed by atoms with van der Waals surface area (Å²) in [7, 11) is 0. The van der Waals surface area contributed by atoms with E-state index in [-0.39, 0.29) is 13.4 Å². The third-order valence-corrected chi connectivity index (χ3v) is 3.20. The maximum absolute atomic E-state index is 11.7. The Balaban J connectivity index is 1.40. The van der Waals surface area contributed by atoms with Gasteiger partial charge in [0.1, 0.15) is 5.76 Å². The van der Waals surface area contributed by atoms with Crippen molar-refractivity contribution in [2.45, 2.75) is 6.54 Å². The predicted octanol–water partition coefficient (Wildman–Crippen LogP) is 1.88. The molecule has 1 aliphatic heterocycles. The summed E-state index contributed by atoms with van der Waals surface area (Å²) in [5.74, 6) is 0.842. The monoisotopic (exact) mass is 329 g/mol. The molecule has 24 heavy (non-hydrogen) atoms. The molecule has 1 N–H and O–H groups in total. The Hall–Kier alpha value is -3.22. The molecular formula is C17H15NO6. The third kappa shape index (κ3) is 4.16. The van der Waals surface area contributed by atoms with Gasteiger partial charge >= 0.3 is 5.97 Å². The van der Waals surface area contributed by atoms with Gasteiger partial charge in [-0.2, -0.15) is 0 Å². The average Bonchev–Trinajstić information content (AvgIpc) is 3.26. The van der Waals surface area contributed by atoms with E-state index in [9.17, 15) is 9.59 Å². The lowest BCUT2D eigenvalue weighted by atomic mass is 10.2. The Morgan fingerprint density at radius 1 is 1.21 bits per heavy atom. The van der Waals surface area contributed by atoms with Gasteiger partial charge in [-0.3, -0.25) is 4.79 Å². The largest absolute Gasteiger partial charge is 0.465 e. The van der Waals surface area contributed by atoms with Crippen LogP contribution in [0, 0.1) is 0 Å². The number of nitrogens with one attached hydrogen (secondary N) is 1. The first-order chi connectivity index (χ1) is 11.7. The molecule has 1 aliphatic rings. The van der Waals surface area contributed by atoms with E-state index in [0.29, 0.717) is 23.8 Å². The number of hydrogen-bond acceptors (Lipinski definition) is 6. The molecule has 124 valence electrons. The third-order valence-electron chi connectivity index (χ3n) is 3.20. The van der Waals surface area contributed by atoms with Gasteiger partial charge in [-0.15, -0.1) is 0 Å². The Morgan fingerprint density at radius 3 is 2.92 bits per heavy atom. The van der Waals surface area contributed by atoms with E-state index in [4.69, 9.17) is 18.6 Å². The van der Waals surface area contributed by atoms with E-state index in [1.54, 1.807) is 24.3 Å². The summed E-state index contributed by atoms with van der Waals surface area (Å²) in [4.78, 5) is 23.2. The van der Waals surface area contributed by atoms with Crippen molar-refractivity contribution in [3.8, 4) is 11.5 Å². The normalized spacial score (nSPS) is 12.3. The first-order valence-electron chi connectivity index (χ1n) is 7.24. The van der Waals surface area contributed by atoms with Gasteiger partial charge in [0, 0.05) is 12.6 Å². The van der Waals surface area contributed by atoms with Gasteiger partial charge in [0.25, 0.3) is 5.91 Å². The van der Waals surface area contributed by atoms with Gasteiger partial charge in [-0.1, -0.05) is 6.07 Å². The lowest BCUT2D eigenvalue weighted by Gasteiger charge is -2.06. The standard InChI is InChI=1S/C17H15NO6/c19-16(10-22-17(20)6-4-13-2-1-7-21-13)18-9-12-3-5-14-15(8-12)24-11-23-14/h1-8H,9-11H2,(H,18,19). The number of ether oxygens (including phenoxy) is 3. The van der Waals surface area contributed by atoms with Gasteiger partial charge in [-0.05, 0) is 35.9 Å². The van der Waals surface area contributed by atoms with Crippen LogP contribution in [0.5, 0.6) is 11.5 Å². The number of carbonyl (C=O) groups is 2. The highest BCUT2D eigenvalue weighted by Gasteiger charge is 2.13. The van der Waals surface area contributed by atoms with Crippen LogP contribution in [0.25, 0.3) is 6.08 Å². The molecule has 0 aliphatic carbocycles. The van der Waals surface area contributed by atoms with E-state index in [1.807, 2.05) is 6.07 Å². The first-order valence-corrected chi connectivity index (χ1v) is 7.24. The van der Waals surface area contributed by atoms with Gasteiger partial charge in [0.05, 0.1) is 6.26 Å². The molecule has 1 aromatic carbocycles. The van der Waals surface area contributed by atoms with E-state index >= 15 is 0 Å². The second-order valence-electron chi connectivity index (χ2n) is 4.92. The summed E-state index contributed by atoms with van der Waals surface area (Å²) in [5.41, 5.74) is 0.858. The summed E-state index contributed by atoms with van der Waals surface area (Å²) < 4.78 is 20.4. The molecule has 2 heterocycles. The molecule has 0 spiro atoms. The Bertz CT molecular complexity index is 750.